The summed E-state index contributed by atoms with van der Waals surface area (Å²) < 4.78 is 13.3. The van der Waals surface area contributed by atoms with Crippen LogP contribution in [-0.4, -0.2) is 0 Å². The normalized spacial score (nSPS) is 12.7. The third-order valence-electron chi connectivity index (χ3n) is 15.1. The predicted molar refractivity (Wildman–Crippen MR) is 300 cm³/mol. The van der Waals surface area contributed by atoms with Crippen molar-refractivity contribution < 1.29 is 8.83 Å². The highest BCUT2D eigenvalue weighted by Crippen LogP contribution is 2.55. The quantitative estimate of drug-likeness (QED) is 0.152. The summed E-state index contributed by atoms with van der Waals surface area (Å²) in [4.78, 5) is 2.45. The van der Waals surface area contributed by atoms with Crippen molar-refractivity contribution in [3.8, 4) is 66.8 Å². The van der Waals surface area contributed by atoms with E-state index in [1.54, 1.807) is 0 Å². The Hall–Kier alpha value is -9.18. The van der Waals surface area contributed by atoms with Crippen LogP contribution in [-0.2, 0) is 5.41 Å². The van der Waals surface area contributed by atoms with Gasteiger partial charge >= 0.3 is 0 Å². The predicted octanol–water partition coefficient (Wildman–Crippen LogP) is 19.6. The van der Waals surface area contributed by atoms with E-state index in [4.69, 9.17) is 8.83 Å². The number of nitrogens with zero attached hydrogens (tertiary/aromatic N) is 1. The second kappa shape index (κ2) is 16.5. The van der Waals surface area contributed by atoms with Gasteiger partial charge in [-0.15, -0.1) is 0 Å². The number of rotatable bonds is 8. The second-order valence-electron chi connectivity index (χ2n) is 19.5. The number of furan rings is 2. The Labute approximate surface area is 418 Å². The molecule has 3 heteroatoms. The first kappa shape index (κ1) is 41.8. The summed E-state index contributed by atoms with van der Waals surface area (Å²) in [5.74, 6) is 0. The van der Waals surface area contributed by atoms with Crippen molar-refractivity contribution in [1.82, 2.24) is 0 Å². The molecule has 0 radical (unpaired) electrons. The Kier molecular flexibility index (Phi) is 9.56. The van der Waals surface area contributed by atoms with Gasteiger partial charge in [0, 0.05) is 49.5 Å². The lowest BCUT2D eigenvalue weighted by Gasteiger charge is -2.32. The minimum atomic E-state index is -0.224. The molecule has 340 valence electrons. The largest absolute Gasteiger partial charge is 0.456 e. The average Bonchev–Trinajstić information content (AvgIpc) is 4.09. The van der Waals surface area contributed by atoms with Crippen molar-refractivity contribution >= 4 is 60.9 Å². The van der Waals surface area contributed by atoms with E-state index in [9.17, 15) is 0 Å². The molecule has 0 amide bonds. The molecule has 0 aliphatic heterocycles. The second-order valence-corrected chi connectivity index (χ2v) is 19.5. The SMILES string of the molecule is CC1(C)c2ccccc2-c2cccc(N(c3ccc(-c4ccccc4)cc3)c3ccc(-c4c(-c5ccc6oc7ccccc7c6c5-c5ccc(-c6ccccc6)cc5)ccc5oc6ccccc6c45)cc3)c21. The molecule has 2 aromatic heterocycles. The van der Waals surface area contributed by atoms with Gasteiger partial charge in [0.1, 0.15) is 22.3 Å². The van der Waals surface area contributed by atoms with Crippen molar-refractivity contribution in [3.63, 3.8) is 0 Å². The lowest BCUT2D eigenvalue weighted by atomic mass is 9.81. The van der Waals surface area contributed by atoms with Crippen LogP contribution in [0.4, 0.5) is 17.1 Å². The van der Waals surface area contributed by atoms with Crippen molar-refractivity contribution in [2.24, 2.45) is 0 Å². The Morgan fingerprint density at radius 1 is 0.306 bits per heavy atom. The molecule has 0 N–H and O–H groups in total. The fraction of sp³-hybridized carbons (Fsp3) is 0.0435. The Morgan fingerprint density at radius 2 is 0.722 bits per heavy atom. The third kappa shape index (κ3) is 6.58. The smallest absolute Gasteiger partial charge is 0.136 e. The van der Waals surface area contributed by atoms with E-state index in [1.165, 1.54) is 50.2 Å². The molecule has 3 nitrogen and oxygen atoms in total. The first-order chi connectivity index (χ1) is 35.5. The van der Waals surface area contributed by atoms with E-state index in [0.29, 0.717) is 0 Å². The summed E-state index contributed by atoms with van der Waals surface area (Å²) in [6, 6.07) is 89.8. The van der Waals surface area contributed by atoms with Gasteiger partial charge in [0.2, 0.25) is 0 Å². The summed E-state index contributed by atoms with van der Waals surface area (Å²) in [6.45, 7) is 4.74. The number of benzene rings is 11. The Morgan fingerprint density at radius 3 is 1.26 bits per heavy atom. The number of hydrogen-bond acceptors (Lipinski definition) is 3. The zero-order chi connectivity index (χ0) is 47.9. The van der Waals surface area contributed by atoms with Crippen molar-refractivity contribution in [3.05, 3.63) is 260 Å². The standard InChI is InChI=1S/C69H47NO2/c1-69(2)58-24-12-9-20-52(58)55-23-15-25-59(68(55)69)70(50-36-32-47(33-37-50)45-18-7-4-8-19-45)51-38-34-49(35-39-51)65-54(41-43-63-67(65)57-22-11-14-27-61(57)72-63)53-40-42-62-66(56-21-10-13-26-60(56)71-62)64(53)48-30-28-46(29-31-48)44-16-5-3-6-17-44/h3-43H,1-2H3. The highest BCUT2D eigenvalue weighted by molar-refractivity contribution is 6.20. The van der Waals surface area contributed by atoms with Crippen LogP contribution in [0.25, 0.3) is 111 Å². The van der Waals surface area contributed by atoms with E-state index in [1.807, 2.05) is 6.07 Å². The molecule has 0 fully saturated rings. The molecule has 13 aromatic rings. The highest BCUT2D eigenvalue weighted by Gasteiger charge is 2.39. The van der Waals surface area contributed by atoms with Crippen LogP contribution < -0.4 is 4.90 Å². The fourth-order valence-electron chi connectivity index (χ4n) is 11.8. The molecule has 2 heterocycles. The summed E-state index contributed by atoms with van der Waals surface area (Å²) >= 11 is 0. The first-order valence-electron chi connectivity index (χ1n) is 24.8. The van der Waals surface area contributed by atoms with Gasteiger partial charge in [-0.25, -0.2) is 0 Å². The minimum absolute atomic E-state index is 0.224. The molecule has 0 saturated heterocycles. The number of para-hydroxylation sites is 2. The lowest BCUT2D eigenvalue weighted by molar-refractivity contribution is 0.661. The monoisotopic (exact) mass is 921 g/mol. The van der Waals surface area contributed by atoms with E-state index in [-0.39, 0.29) is 5.41 Å². The molecule has 0 bridgehead atoms. The van der Waals surface area contributed by atoms with Gasteiger partial charge in [0.05, 0.1) is 5.69 Å². The van der Waals surface area contributed by atoms with Gasteiger partial charge in [0.15, 0.2) is 0 Å². The minimum Gasteiger partial charge on any atom is -0.456 e. The zero-order valence-electron chi connectivity index (χ0n) is 39.9. The third-order valence-corrected chi connectivity index (χ3v) is 15.1. The molecular formula is C69H47NO2. The van der Waals surface area contributed by atoms with Crippen LogP contribution in [0.1, 0.15) is 25.0 Å². The highest BCUT2D eigenvalue weighted by atomic mass is 16.3. The summed E-state index contributed by atoms with van der Waals surface area (Å²) in [5, 5.41) is 4.36. The van der Waals surface area contributed by atoms with Crippen LogP contribution in [0.3, 0.4) is 0 Å². The van der Waals surface area contributed by atoms with E-state index < -0.39 is 0 Å². The Balaban J connectivity index is 0.983. The first-order valence-corrected chi connectivity index (χ1v) is 24.8. The van der Waals surface area contributed by atoms with Gasteiger partial charge < -0.3 is 13.7 Å². The number of anilines is 3. The van der Waals surface area contributed by atoms with Crippen LogP contribution in [0, 0.1) is 0 Å². The molecule has 1 aliphatic rings. The van der Waals surface area contributed by atoms with Gasteiger partial charge in [-0.3, -0.25) is 0 Å². The van der Waals surface area contributed by atoms with Crippen LogP contribution in [0.15, 0.2) is 258 Å². The maximum atomic E-state index is 6.68. The molecule has 0 unspecified atom stereocenters. The number of hydrogen-bond donors (Lipinski definition) is 0. The molecule has 1 aliphatic carbocycles. The molecule has 0 atom stereocenters. The van der Waals surface area contributed by atoms with E-state index >= 15 is 0 Å². The molecule has 72 heavy (non-hydrogen) atoms. The van der Waals surface area contributed by atoms with Gasteiger partial charge in [-0.2, -0.15) is 0 Å². The summed E-state index contributed by atoms with van der Waals surface area (Å²) in [7, 11) is 0. The maximum absolute atomic E-state index is 6.68. The van der Waals surface area contributed by atoms with Crippen LogP contribution >= 0.6 is 0 Å². The molecule has 0 spiro atoms. The van der Waals surface area contributed by atoms with Crippen LogP contribution in [0.2, 0.25) is 0 Å². The topological polar surface area (TPSA) is 29.5 Å². The fourth-order valence-corrected chi connectivity index (χ4v) is 11.8. The molecule has 0 saturated carbocycles. The summed E-state index contributed by atoms with van der Waals surface area (Å²) in [6.07, 6.45) is 0. The molecule has 14 rings (SSSR count). The van der Waals surface area contributed by atoms with E-state index in [2.05, 4.69) is 261 Å². The van der Waals surface area contributed by atoms with Crippen molar-refractivity contribution in [2.45, 2.75) is 19.3 Å². The molecular weight excluding hydrogens is 875 g/mol. The lowest BCUT2D eigenvalue weighted by Crippen LogP contribution is -2.20. The van der Waals surface area contributed by atoms with Crippen molar-refractivity contribution in [1.29, 1.82) is 0 Å². The van der Waals surface area contributed by atoms with Crippen LogP contribution in [0.5, 0.6) is 0 Å². The van der Waals surface area contributed by atoms with Crippen molar-refractivity contribution in [2.75, 3.05) is 4.90 Å². The van der Waals surface area contributed by atoms with Gasteiger partial charge in [0.25, 0.3) is 0 Å². The maximum Gasteiger partial charge on any atom is 0.136 e. The summed E-state index contributed by atoms with van der Waals surface area (Å²) in [5.41, 5.74) is 23.3. The number of fused-ring (bicyclic) bond motifs is 9. The molecule has 11 aromatic carbocycles. The van der Waals surface area contributed by atoms with Gasteiger partial charge in [-0.1, -0.05) is 196 Å². The van der Waals surface area contributed by atoms with Gasteiger partial charge in [-0.05, 0) is 133 Å². The zero-order valence-corrected chi connectivity index (χ0v) is 39.9. The van der Waals surface area contributed by atoms with E-state index in [0.717, 1.165) is 88.6 Å². The Bertz CT molecular complexity index is 4200. The average molecular weight is 922 g/mol.